The predicted octanol–water partition coefficient (Wildman–Crippen LogP) is 6.27. The normalized spacial score (nSPS) is 10.6. The van der Waals surface area contributed by atoms with Crippen LogP contribution in [0, 0.1) is 0 Å². The number of aryl methyl sites for hydroxylation is 2. The van der Waals surface area contributed by atoms with Gasteiger partial charge in [0.25, 0.3) is 0 Å². The smallest absolute Gasteiger partial charge is 0.170 e. The van der Waals surface area contributed by atoms with Gasteiger partial charge in [0.2, 0.25) is 0 Å². The third kappa shape index (κ3) is 6.33. The van der Waals surface area contributed by atoms with E-state index in [-0.39, 0.29) is 6.61 Å². The lowest BCUT2D eigenvalue weighted by molar-refractivity contribution is 0.112. The van der Waals surface area contributed by atoms with Crippen molar-refractivity contribution < 1.29 is 33.6 Å². The summed E-state index contributed by atoms with van der Waals surface area (Å²) in [6.45, 7) is -0.0526. The monoisotopic (exact) mass is 528 g/mol. The number of carbonyl (C=O) groups is 1. The molecule has 4 aromatic carbocycles. The van der Waals surface area contributed by atoms with Crippen LogP contribution in [0.2, 0.25) is 0 Å². The molecule has 0 saturated carbocycles. The number of ether oxygens (including phenoxy) is 5. The lowest BCUT2D eigenvalue weighted by Crippen LogP contribution is -1.99. The Morgan fingerprint density at radius 3 is 2.00 bits per heavy atom. The van der Waals surface area contributed by atoms with Crippen molar-refractivity contribution in [1.29, 1.82) is 0 Å². The van der Waals surface area contributed by atoms with Crippen LogP contribution in [0.5, 0.6) is 34.5 Å². The highest BCUT2D eigenvalue weighted by Gasteiger charge is 2.15. The molecule has 0 aliphatic carbocycles. The Balaban J connectivity index is 1.61. The fourth-order valence-electron chi connectivity index (χ4n) is 4.42. The van der Waals surface area contributed by atoms with Crippen LogP contribution in [-0.2, 0) is 19.4 Å². The van der Waals surface area contributed by atoms with E-state index in [1.54, 1.807) is 46.6 Å². The third-order valence-electron chi connectivity index (χ3n) is 6.51. The maximum Gasteiger partial charge on any atom is 0.170 e. The van der Waals surface area contributed by atoms with Gasteiger partial charge in [-0.15, -0.1) is 0 Å². The summed E-state index contributed by atoms with van der Waals surface area (Å²) in [5.41, 5.74) is 5.41. The average molecular weight is 529 g/mol. The van der Waals surface area contributed by atoms with Gasteiger partial charge in [0.1, 0.15) is 17.8 Å². The van der Waals surface area contributed by atoms with E-state index in [0.717, 1.165) is 52.7 Å². The van der Waals surface area contributed by atoms with Gasteiger partial charge < -0.3 is 28.8 Å². The highest BCUT2D eigenvalue weighted by Crippen LogP contribution is 2.38. The molecule has 0 unspecified atom stereocenters. The van der Waals surface area contributed by atoms with Crippen LogP contribution < -0.4 is 23.7 Å². The first kappa shape index (κ1) is 27.5. The van der Waals surface area contributed by atoms with Crippen LogP contribution in [0.1, 0.15) is 27.0 Å². The van der Waals surface area contributed by atoms with Gasteiger partial charge >= 0.3 is 0 Å². The SMILES string of the molecule is COc1ccc(-c2ccc(CO)cc2OC)c(CCc2ccc(Oc3cc(C=O)ccc3OC)c(OC)c2)c1. The number of hydrogen-bond acceptors (Lipinski definition) is 7. The van der Waals surface area contributed by atoms with E-state index in [0.29, 0.717) is 34.3 Å². The standard InChI is InChI=1S/C32H32O7/c1-35-25-10-12-26(27-11-6-22(19-33)16-30(27)37-3)24(18-25)9-5-21-7-14-29(31(15-21)38-4)39-32-17-23(20-34)8-13-28(32)36-2/h6-8,10-18,20,33H,5,9,19H2,1-4H3. The number of carbonyl (C=O) groups excluding carboxylic acids is 1. The number of aldehydes is 1. The summed E-state index contributed by atoms with van der Waals surface area (Å²) >= 11 is 0. The highest BCUT2D eigenvalue weighted by molar-refractivity contribution is 5.77. The lowest BCUT2D eigenvalue weighted by atomic mass is 9.93. The van der Waals surface area contributed by atoms with Crippen LogP contribution in [0.25, 0.3) is 11.1 Å². The van der Waals surface area contributed by atoms with E-state index in [1.165, 1.54) is 0 Å². The molecule has 0 fully saturated rings. The van der Waals surface area contributed by atoms with E-state index in [2.05, 4.69) is 0 Å². The quantitative estimate of drug-likeness (QED) is 0.217. The Kier molecular flexibility index (Phi) is 9.07. The second kappa shape index (κ2) is 12.8. The van der Waals surface area contributed by atoms with Gasteiger partial charge in [-0.25, -0.2) is 0 Å². The number of aliphatic hydroxyl groups is 1. The Labute approximate surface area is 228 Å². The molecule has 7 heteroatoms. The molecule has 4 aromatic rings. The zero-order valence-corrected chi connectivity index (χ0v) is 22.5. The van der Waals surface area contributed by atoms with Gasteiger partial charge in [-0.3, -0.25) is 4.79 Å². The number of hydrogen-bond donors (Lipinski definition) is 1. The summed E-state index contributed by atoms with van der Waals surface area (Å²) in [7, 11) is 6.42. The van der Waals surface area contributed by atoms with E-state index < -0.39 is 0 Å². The molecule has 0 radical (unpaired) electrons. The summed E-state index contributed by atoms with van der Waals surface area (Å²) in [5.74, 6) is 3.49. The Morgan fingerprint density at radius 1 is 0.615 bits per heavy atom. The fraction of sp³-hybridized carbons (Fsp3) is 0.219. The number of aliphatic hydroxyl groups excluding tert-OH is 1. The fourth-order valence-corrected chi connectivity index (χ4v) is 4.42. The molecule has 1 N–H and O–H groups in total. The van der Waals surface area contributed by atoms with Crippen LogP contribution in [0.4, 0.5) is 0 Å². The minimum absolute atomic E-state index is 0.0526. The number of rotatable bonds is 12. The van der Waals surface area contributed by atoms with Crippen molar-refractivity contribution in [1.82, 2.24) is 0 Å². The van der Waals surface area contributed by atoms with Crippen LogP contribution in [-0.4, -0.2) is 39.8 Å². The molecule has 0 spiro atoms. The van der Waals surface area contributed by atoms with Gasteiger partial charge in [0.15, 0.2) is 23.0 Å². The first-order valence-corrected chi connectivity index (χ1v) is 12.5. The van der Waals surface area contributed by atoms with Crippen molar-refractivity contribution in [3.05, 3.63) is 95.1 Å². The molecule has 0 atom stereocenters. The molecule has 0 bridgehead atoms. The van der Waals surface area contributed by atoms with Crippen LogP contribution in [0.3, 0.4) is 0 Å². The Hall–Kier alpha value is -4.49. The van der Waals surface area contributed by atoms with E-state index in [1.807, 2.05) is 54.6 Å². The summed E-state index contributed by atoms with van der Waals surface area (Å²) in [5, 5.41) is 9.54. The van der Waals surface area contributed by atoms with Gasteiger partial charge in [-0.05, 0) is 83.6 Å². The Bertz CT molecular complexity index is 1440. The number of benzene rings is 4. The lowest BCUT2D eigenvalue weighted by Gasteiger charge is -2.16. The predicted molar refractivity (Wildman–Crippen MR) is 150 cm³/mol. The molecule has 7 nitrogen and oxygen atoms in total. The van der Waals surface area contributed by atoms with Crippen molar-refractivity contribution in [2.24, 2.45) is 0 Å². The molecule has 0 aliphatic rings. The summed E-state index contributed by atoms with van der Waals surface area (Å²) in [6.07, 6.45) is 2.23. The van der Waals surface area contributed by atoms with Crippen molar-refractivity contribution in [2.45, 2.75) is 19.4 Å². The zero-order valence-electron chi connectivity index (χ0n) is 22.5. The summed E-state index contributed by atoms with van der Waals surface area (Å²) in [6, 6.07) is 22.5. The van der Waals surface area contributed by atoms with Crippen molar-refractivity contribution in [3.8, 4) is 45.6 Å². The molecule has 0 heterocycles. The molecular weight excluding hydrogens is 496 g/mol. The van der Waals surface area contributed by atoms with E-state index >= 15 is 0 Å². The molecule has 202 valence electrons. The first-order valence-electron chi connectivity index (χ1n) is 12.5. The zero-order chi connectivity index (χ0) is 27.8. The Morgan fingerprint density at radius 2 is 1.31 bits per heavy atom. The topological polar surface area (TPSA) is 83.5 Å². The average Bonchev–Trinajstić information content (AvgIpc) is 2.99. The maximum atomic E-state index is 11.2. The molecule has 0 saturated heterocycles. The second-order valence-electron chi connectivity index (χ2n) is 8.83. The minimum Gasteiger partial charge on any atom is -0.497 e. The van der Waals surface area contributed by atoms with Gasteiger partial charge in [0, 0.05) is 11.1 Å². The van der Waals surface area contributed by atoms with Gasteiger partial charge in [-0.1, -0.05) is 24.3 Å². The minimum atomic E-state index is -0.0526. The molecule has 39 heavy (non-hydrogen) atoms. The van der Waals surface area contributed by atoms with E-state index in [4.69, 9.17) is 23.7 Å². The molecule has 0 aliphatic heterocycles. The molecule has 4 rings (SSSR count). The van der Waals surface area contributed by atoms with E-state index in [9.17, 15) is 9.90 Å². The second-order valence-corrected chi connectivity index (χ2v) is 8.83. The highest BCUT2D eigenvalue weighted by atomic mass is 16.5. The van der Waals surface area contributed by atoms with Crippen molar-refractivity contribution in [3.63, 3.8) is 0 Å². The van der Waals surface area contributed by atoms with Crippen LogP contribution >= 0.6 is 0 Å². The molecular formula is C32H32O7. The van der Waals surface area contributed by atoms with Crippen molar-refractivity contribution in [2.75, 3.05) is 28.4 Å². The third-order valence-corrected chi connectivity index (χ3v) is 6.51. The molecule has 0 aromatic heterocycles. The largest absolute Gasteiger partial charge is 0.497 e. The summed E-state index contributed by atoms with van der Waals surface area (Å²) in [4.78, 5) is 11.2. The number of methoxy groups -OCH3 is 4. The van der Waals surface area contributed by atoms with Gasteiger partial charge in [0.05, 0.1) is 35.0 Å². The first-order chi connectivity index (χ1) is 19.0. The van der Waals surface area contributed by atoms with Crippen molar-refractivity contribution >= 4 is 6.29 Å². The van der Waals surface area contributed by atoms with Crippen LogP contribution in [0.15, 0.2) is 72.8 Å². The maximum absolute atomic E-state index is 11.2. The summed E-state index contributed by atoms with van der Waals surface area (Å²) < 4.78 is 28.2. The molecule has 0 amide bonds. The van der Waals surface area contributed by atoms with Gasteiger partial charge in [-0.2, -0.15) is 0 Å².